The number of hydrogen-bond acceptors (Lipinski definition) is 3. The molecule has 0 bridgehead atoms. The molecule has 0 aromatic heterocycles. The number of rotatable bonds is 3. The summed E-state index contributed by atoms with van der Waals surface area (Å²) in [6, 6.07) is 5.29. The molecular formula is C12H18N2O2S. The summed E-state index contributed by atoms with van der Waals surface area (Å²) in [6.07, 6.45) is 0.966. The van der Waals surface area contributed by atoms with Crippen LogP contribution >= 0.6 is 0 Å². The molecule has 0 spiro atoms. The van der Waals surface area contributed by atoms with E-state index in [4.69, 9.17) is 0 Å². The van der Waals surface area contributed by atoms with Gasteiger partial charge in [0.1, 0.15) is 0 Å². The van der Waals surface area contributed by atoms with Crippen LogP contribution in [0.15, 0.2) is 23.1 Å². The molecule has 1 aliphatic heterocycles. The van der Waals surface area contributed by atoms with E-state index < -0.39 is 10.0 Å². The number of sulfonamides is 1. The van der Waals surface area contributed by atoms with Crippen molar-refractivity contribution in [1.82, 2.24) is 10.0 Å². The highest BCUT2D eigenvalue weighted by Gasteiger charge is 2.18. The van der Waals surface area contributed by atoms with Gasteiger partial charge < -0.3 is 5.32 Å². The molecule has 0 saturated heterocycles. The normalized spacial score (nSPS) is 15.9. The van der Waals surface area contributed by atoms with Crippen molar-refractivity contribution in [2.75, 3.05) is 6.54 Å². The maximum atomic E-state index is 12.0. The second kappa shape index (κ2) is 4.76. The van der Waals surface area contributed by atoms with Crippen molar-refractivity contribution in [2.45, 2.75) is 37.8 Å². The van der Waals surface area contributed by atoms with E-state index in [-0.39, 0.29) is 6.04 Å². The van der Waals surface area contributed by atoms with Crippen LogP contribution in [0.1, 0.15) is 25.0 Å². The van der Waals surface area contributed by atoms with Gasteiger partial charge in [-0.3, -0.25) is 0 Å². The Morgan fingerprint density at radius 1 is 1.29 bits per heavy atom. The molecule has 1 aromatic carbocycles. The summed E-state index contributed by atoms with van der Waals surface area (Å²) >= 11 is 0. The van der Waals surface area contributed by atoms with Crippen LogP contribution in [0.2, 0.25) is 0 Å². The van der Waals surface area contributed by atoms with Gasteiger partial charge in [0.25, 0.3) is 0 Å². The van der Waals surface area contributed by atoms with Crippen LogP contribution in [0.25, 0.3) is 0 Å². The third-order valence-corrected chi connectivity index (χ3v) is 4.42. The highest BCUT2D eigenvalue weighted by atomic mass is 32.2. The lowest BCUT2D eigenvalue weighted by Crippen LogP contribution is -2.31. The Labute approximate surface area is 102 Å². The number of fused-ring (bicyclic) bond motifs is 1. The first-order valence-corrected chi connectivity index (χ1v) is 7.32. The molecule has 0 fully saturated rings. The first kappa shape index (κ1) is 12.5. The van der Waals surface area contributed by atoms with E-state index >= 15 is 0 Å². The van der Waals surface area contributed by atoms with Crippen LogP contribution in [0, 0.1) is 0 Å². The molecule has 0 amide bonds. The Hall–Kier alpha value is -0.910. The Morgan fingerprint density at radius 3 is 2.76 bits per heavy atom. The smallest absolute Gasteiger partial charge is 0.240 e. The van der Waals surface area contributed by atoms with Crippen molar-refractivity contribution >= 4 is 10.0 Å². The van der Waals surface area contributed by atoms with Crippen LogP contribution in [-0.2, 0) is 23.0 Å². The Balaban J connectivity index is 2.34. The van der Waals surface area contributed by atoms with E-state index in [0.29, 0.717) is 4.90 Å². The van der Waals surface area contributed by atoms with Crippen molar-refractivity contribution in [3.8, 4) is 0 Å². The molecule has 2 N–H and O–H groups in total. The average Bonchev–Trinajstić information content (AvgIpc) is 2.26. The van der Waals surface area contributed by atoms with Gasteiger partial charge in [0.15, 0.2) is 0 Å². The van der Waals surface area contributed by atoms with Gasteiger partial charge in [0.2, 0.25) is 10.0 Å². The molecule has 5 heteroatoms. The monoisotopic (exact) mass is 254 g/mol. The van der Waals surface area contributed by atoms with Gasteiger partial charge >= 0.3 is 0 Å². The van der Waals surface area contributed by atoms with Crippen molar-refractivity contribution in [2.24, 2.45) is 0 Å². The van der Waals surface area contributed by atoms with E-state index in [1.54, 1.807) is 12.1 Å². The van der Waals surface area contributed by atoms with Crippen LogP contribution in [0.3, 0.4) is 0 Å². The SMILES string of the molecule is CC(C)NS(=O)(=O)c1ccc2c(c1)CNCC2. The van der Waals surface area contributed by atoms with Gasteiger partial charge in [0.05, 0.1) is 4.90 Å². The Morgan fingerprint density at radius 2 is 2.06 bits per heavy atom. The second-order valence-electron chi connectivity index (χ2n) is 4.63. The van der Waals surface area contributed by atoms with Crippen molar-refractivity contribution in [3.05, 3.63) is 29.3 Å². The molecular weight excluding hydrogens is 236 g/mol. The molecule has 1 aromatic rings. The Bertz CT molecular complexity index is 509. The van der Waals surface area contributed by atoms with Crippen molar-refractivity contribution < 1.29 is 8.42 Å². The summed E-state index contributed by atoms with van der Waals surface area (Å²) in [5.41, 5.74) is 2.33. The third kappa shape index (κ3) is 2.86. The summed E-state index contributed by atoms with van der Waals surface area (Å²) in [6.45, 7) is 5.35. The molecule has 2 rings (SSSR count). The van der Waals surface area contributed by atoms with E-state index in [0.717, 1.165) is 25.1 Å². The Kier molecular flexibility index (Phi) is 3.51. The molecule has 0 saturated carbocycles. The molecule has 0 atom stereocenters. The first-order chi connectivity index (χ1) is 7.99. The predicted molar refractivity (Wildman–Crippen MR) is 67.3 cm³/mol. The lowest BCUT2D eigenvalue weighted by Gasteiger charge is -2.18. The molecule has 17 heavy (non-hydrogen) atoms. The summed E-state index contributed by atoms with van der Waals surface area (Å²) in [5, 5.41) is 3.25. The largest absolute Gasteiger partial charge is 0.312 e. The van der Waals surface area contributed by atoms with Crippen molar-refractivity contribution in [3.63, 3.8) is 0 Å². The molecule has 94 valence electrons. The molecule has 0 aliphatic carbocycles. The first-order valence-electron chi connectivity index (χ1n) is 5.84. The number of benzene rings is 1. The van der Waals surface area contributed by atoms with Gasteiger partial charge in [-0.1, -0.05) is 6.07 Å². The quantitative estimate of drug-likeness (QED) is 0.846. The summed E-state index contributed by atoms with van der Waals surface area (Å²) < 4.78 is 26.6. The zero-order valence-corrected chi connectivity index (χ0v) is 11.0. The summed E-state index contributed by atoms with van der Waals surface area (Å²) in [4.78, 5) is 0.355. The minimum Gasteiger partial charge on any atom is -0.312 e. The van der Waals surface area contributed by atoms with Crippen LogP contribution in [0.4, 0.5) is 0 Å². The molecule has 1 heterocycles. The summed E-state index contributed by atoms with van der Waals surface area (Å²) in [7, 11) is -3.37. The van der Waals surface area contributed by atoms with Gasteiger partial charge in [-0.05, 0) is 50.1 Å². The molecule has 0 radical (unpaired) electrons. The average molecular weight is 254 g/mol. The topological polar surface area (TPSA) is 58.2 Å². The summed E-state index contributed by atoms with van der Waals surface area (Å²) in [5.74, 6) is 0. The van der Waals surface area contributed by atoms with Crippen LogP contribution < -0.4 is 10.0 Å². The number of hydrogen-bond donors (Lipinski definition) is 2. The maximum absolute atomic E-state index is 12.0. The van der Waals surface area contributed by atoms with Gasteiger partial charge in [-0.15, -0.1) is 0 Å². The predicted octanol–water partition coefficient (Wildman–Crippen LogP) is 1.02. The highest BCUT2D eigenvalue weighted by molar-refractivity contribution is 7.89. The van der Waals surface area contributed by atoms with Gasteiger partial charge in [-0.2, -0.15) is 0 Å². The van der Waals surface area contributed by atoms with Crippen LogP contribution in [0.5, 0.6) is 0 Å². The molecule has 0 unspecified atom stereocenters. The minimum absolute atomic E-state index is 0.0887. The molecule has 1 aliphatic rings. The van der Waals surface area contributed by atoms with E-state index in [1.165, 1.54) is 5.56 Å². The second-order valence-corrected chi connectivity index (χ2v) is 6.35. The fourth-order valence-electron chi connectivity index (χ4n) is 2.00. The number of nitrogens with one attached hydrogen (secondary N) is 2. The van der Waals surface area contributed by atoms with E-state index in [1.807, 2.05) is 19.9 Å². The van der Waals surface area contributed by atoms with Gasteiger partial charge in [-0.25, -0.2) is 13.1 Å². The fourth-order valence-corrected chi connectivity index (χ4v) is 3.30. The highest BCUT2D eigenvalue weighted by Crippen LogP contribution is 2.19. The maximum Gasteiger partial charge on any atom is 0.240 e. The van der Waals surface area contributed by atoms with Gasteiger partial charge in [0, 0.05) is 12.6 Å². The fraction of sp³-hybridized carbons (Fsp3) is 0.500. The zero-order chi connectivity index (χ0) is 12.5. The molecule has 4 nitrogen and oxygen atoms in total. The van der Waals surface area contributed by atoms with E-state index in [2.05, 4.69) is 10.0 Å². The lowest BCUT2D eigenvalue weighted by molar-refractivity contribution is 0.569. The third-order valence-electron chi connectivity index (χ3n) is 2.77. The van der Waals surface area contributed by atoms with E-state index in [9.17, 15) is 8.42 Å². The zero-order valence-electron chi connectivity index (χ0n) is 10.2. The van der Waals surface area contributed by atoms with Crippen molar-refractivity contribution in [1.29, 1.82) is 0 Å². The van der Waals surface area contributed by atoms with Crippen LogP contribution in [-0.4, -0.2) is 21.0 Å². The minimum atomic E-state index is -3.37. The lowest BCUT2D eigenvalue weighted by atomic mass is 10.0. The standard InChI is InChI=1S/C12H18N2O2S/c1-9(2)14-17(15,16)12-4-3-10-5-6-13-8-11(10)7-12/h3-4,7,9,13-14H,5-6,8H2,1-2H3.